The summed E-state index contributed by atoms with van der Waals surface area (Å²) in [7, 11) is 0. The molecule has 0 aromatic rings. The Morgan fingerprint density at radius 3 is 3.06 bits per heavy atom. The SMILES string of the molecule is CCN1NNC2=C1CCCCCC2OCC(=O)O. The van der Waals surface area contributed by atoms with Crippen LogP contribution in [0.15, 0.2) is 11.4 Å². The summed E-state index contributed by atoms with van der Waals surface area (Å²) in [5.74, 6) is -0.919. The maximum absolute atomic E-state index is 10.6. The normalized spacial score (nSPS) is 24.3. The van der Waals surface area contributed by atoms with Gasteiger partial charge >= 0.3 is 5.97 Å². The summed E-state index contributed by atoms with van der Waals surface area (Å²) in [6.07, 6.45) is 5.16. The van der Waals surface area contributed by atoms with Crippen molar-refractivity contribution >= 4 is 5.97 Å². The number of hydrazine groups is 2. The van der Waals surface area contributed by atoms with Gasteiger partial charge in [-0.05, 0) is 26.2 Å². The molecule has 0 spiro atoms. The molecule has 1 aliphatic heterocycles. The fraction of sp³-hybridized carbons (Fsp3) is 0.750. The zero-order valence-corrected chi connectivity index (χ0v) is 10.7. The number of ether oxygens (including phenoxy) is 1. The summed E-state index contributed by atoms with van der Waals surface area (Å²) >= 11 is 0. The fourth-order valence-corrected chi connectivity index (χ4v) is 2.50. The third kappa shape index (κ3) is 2.94. The highest BCUT2D eigenvalue weighted by molar-refractivity contribution is 5.68. The van der Waals surface area contributed by atoms with E-state index >= 15 is 0 Å². The highest BCUT2D eigenvalue weighted by Crippen LogP contribution is 2.27. The van der Waals surface area contributed by atoms with E-state index in [1.54, 1.807) is 0 Å². The average molecular weight is 255 g/mol. The monoisotopic (exact) mass is 255 g/mol. The van der Waals surface area contributed by atoms with Gasteiger partial charge in [-0.15, -0.1) is 5.53 Å². The van der Waals surface area contributed by atoms with E-state index in [9.17, 15) is 4.79 Å². The van der Waals surface area contributed by atoms with Crippen molar-refractivity contribution in [3.63, 3.8) is 0 Å². The molecule has 102 valence electrons. The Hall–Kier alpha value is -1.27. The maximum Gasteiger partial charge on any atom is 0.329 e. The van der Waals surface area contributed by atoms with Gasteiger partial charge < -0.3 is 15.3 Å². The molecule has 6 heteroatoms. The largest absolute Gasteiger partial charge is 0.480 e. The van der Waals surface area contributed by atoms with E-state index in [1.165, 1.54) is 18.5 Å². The number of carboxylic acid groups (broad SMARTS) is 1. The molecule has 1 heterocycles. The van der Waals surface area contributed by atoms with Crippen LogP contribution in [-0.4, -0.2) is 35.3 Å². The van der Waals surface area contributed by atoms with Crippen LogP contribution < -0.4 is 11.0 Å². The molecule has 6 nitrogen and oxygen atoms in total. The number of hydrogen-bond donors (Lipinski definition) is 3. The van der Waals surface area contributed by atoms with Crippen LogP contribution >= 0.6 is 0 Å². The molecule has 1 unspecified atom stereocenters. The standard InChI is InChI=1S/C12H21N3O3/c1-2-15-9-6-4-3-5-7-10(12(9)13-14-15)18-8-11(16)17/h10,13-14H,2-8H2,1H3,(H,16,17). The zero-order valence-electron chi connectivity index (χ0n) is 10.7. The van der Waals surface area contributed by atoms with Crippen molar-refractivity contribution in [2.24, 2.45) is 0 Å². The minimum Gasteiger partial charge on any atom is -0.480 e. The van der Waals surface area contributed by atoms with Gasteiger partial charge in [-0.1, -0.05) is 12.8 Å². The number of aliphatic carboxylic acids is 1. The molecule has 0 amide bonds. The van der Waals surface area contributed by atoms with Crippen LogP contribution in [0.5, 0.6) is 0 Å². The van der Waals surface area contributed by atoms with Crippen LogP contribution in [0.4, 0.5) is 0 Å². The quantitative estimate of drug-likeness (QED) is 0.695. The summed E-state index contributed by atoms with van der Waals surface area (Å²) in [5, 5.41) is 10.8. The van der Waals surface area contributed by atoms with Crippen molar-refractivity contribution in [3.8, 4) is 0 Å². The third-order valence-corrected chi connectivity index (χ3v) is 3.39. The molecule has 18 heavy (non-hydrogen) atoms. The highest BCUT2D eigenvalue weighted by atomic mass is 16.5. The molecule has 0 saturated carbocycles. The lowest BCUT2D eigenvalue weighted by atomic mass is 9.99. The number of carbonyl (C=O) groups is 1. The van der Waals surface area contributed by atoms with Crippen molar-refractivity contribution < 1.29 is 14.6 Å². The Morgan fingerprint density at radius 2 is 2.33 bits per heavy atom. The zero-order chi connectivity index (χ0) is 13.0. The molecular weight excluding hydrogens is 234 g/mol. The summed E-state index contributed by atoms with van der Waals surface area (Å²) in [6, 6.07) is 0. The molecule has 0 aromatic carbocycles. The minimum absolute atomic E-state index is 0.138. The van der Waals surface area contributed by atoms with E-state index in [2.05, 4.69) is 22.9 Å². The molecule has 2 aliphatic rings. The number of nitrogens with zero attached hydrogens (tertiary/aromatic N) is 1. The first kappa shape index (κ1) is 13.2. The average Bonchev–Trinajstić information content (AvgIpc) is 2.71. The summed E-state index contributed by atoms with van der Waals surface area (Å²) in [4.78, 5) is 10.6. The third-order valence-electron chi connectivity index (χ3n) is 3.39. The van der Waals surface area contributed by atoms with Crippen LogP contribution in [0.25, 0.3) is 0 Å². The maximum atomic E-state index is 10.6. The van der Waals surface area contributed by atoms with Crippen LogP contribution in [0.3, 0.4) is 0 Å². The first-order chi connectivity index (χ1) is 8.72. The Morgan fingerprint density at radius 1 is 1.50 bits per heavy atom. The smallest absolute Gasteiger partial charge is 0.329 e. The molecular formula is C12H21N3O3. The van der Waals surface area contributed by atoms with E-state index in [4.69, 9.17) is 9.84 Å². The lowest BCUT2D eigenvalue weighted by Crippen LogP contribution is -2.38. The summed E-state index contributed by atoms with van der Waals surface area (Å²) < 4.78 is 5.50. The molecule has 0 aromatic heterocycles. The number of allylic oxidation sites excluding steroid dienone is 1. The van der Waals surface area contributed by atoms with E-state index in [1.807, 2.05) is 0 Å². The van der Waals surface area contributed by atoms with Gasteiger partial charge in [0.1, 0.15) is 12.7 Å². The van der Waals surface area contributed by atoms with Gasteiger partial charge in [0.05, 0.1) is 11.4 Å². The molecule has 1 atom stereocenters. The van der Waals surface area contributed by atoms with Crippen molar-refractivity contribution in [2.75, 3.05) is 13.2 Å². The number of hydrogen-bond acceptors (Lipinski definition) is 5. The van der Waals surface area contributed by atoms with Gasteiger partial charge in [-0.2, -0.15) is 0 Å². The lowest BCUT2D eigenvalue weighted by molar-refractivity contribution is -0.143. The van der Waals surface area contributed by atoms with E-state index in [0.29, 0.717) is 0 Å². The van der Waals surface area contributed by atoms with Crippen LogP contribution in [-0.2, 0) is 9.53 Å². The second-order valence-electron chi connectivity index (χ2n) is 4.63. The van der Waals surface area contributed by atoms with Crippen molar-refractivity contribution in [2.45, 2.75) is 45.1 Å². The van der Waals surface area contributed by atoms with Gasteiger partial charge in [0.2, 0.25) is 0 Å². The highest BCUT2D eigenvalue weighted by Gasteiger charge is 2.28. The number of carboxylic acids is 1. The molecule has 0 saturated heterocycles. The molecule has 1 aliphatic carbocycles. The second-order valence-corrected chi connectivity index (χ2v) is 4.63. The second kappa shape index (κ2) is 6.06. The molecule has 0 fully saturated rings. The Labute approximate surface area is 107 Å². The van der Waals surface area contributed by atoms with Crippen LogP contribution in [0.2, 0.25) is 0 Å². The lowest BCUT2D eigenvalue weighted by Gasteiger charge is -2.23. The topological polar surface area (TPSA) is 73.8 Å². The number of nitrogens with one attached hydrogen (secondary N) is 2. The predicted octanol–water partition coefficient (Wildman–Crippen LogP) is 0.977. The molecule has 0 radical (unpaired) electrons. The van der Waals surface area contributed by atoms with Gasteiger partial charge in [0.15, 0.2) is 0 Å². The predicted molar refractivity (Wildman–Crippen MR) is 66.1 cm³/mol. The molecule has 2 rings (SSSR count). The Kier molecular flexibility index (Phi) is 4.43. The van der Waals surface area contributed by atoms with Crippen molar-refractivity contribution in [1.29, 1.82) is 0 Å². The van der Waals surface area contributed by atoms with E-state index in [-0.39, 0.29) is 12.7 Å². The first-order valence-electron chi connectivity index (χ1n) is 6.58. The van der Waals surface area contributed by atoms with Crippen molar-refractivity contribution in [3.05, 3.63) is 11.4 Å². The van der Waals surface area contributed by atoms with Crippen molar-refractivity contribution in [1.82, 2.24) is 16.0 Å². The van der Waals surface area contributed by atoms with E-state index < -0.39 is 5.97 Å². The van der Waals surface area contributed by atoms with Crippen LogP contribution in [0, 0.1) is 0 Å². The summed E-state index contributed by atoms with van der Waals surface area (Å²) in [6.45, 7) is 2.71. The van der Waals surface area contributed by atoms with Gasteiger partial charge in [0, 0.05) is 6.54 Å². The Balaban J connectivity index is 2.12. The van der Waals surface area contributed by atoms with Crippen LogP contribution in [0.1, 0.15) is 39.0 Å². The first-order valence-corrected chi connectivity index (χ1v) is 6.58. The van der Waals surface area contributed by atoms with Gasteiger partial charge in [-0.25, -0.2) is 4.79 Å². The van der Waals surface area contributed by atoms with E-state index in [0.717, 1.165) is 31.5 Å². The van der Waals surface area contributed by atoms with Gasteiger partial charge in [-0.3, -0.25) is 5.01 Å². The van der Waals surface area contributed by atoms with Gasteiger partial charge in [0.25, 0.3) is 0 Å². The fourth-order valence-electron chi connectivity index (χ4n) is 2.50. The number of rotatable bonds is 4. The molecule has 0 bridgehead atoms. The minimum atomic E-state index is -0.919. The Bertz CT molecular complexity index is 343. The summed E-state index contributed by atoms with van der Waals surface area (Å²) in [5.41, 5.74) is 8.47. The molecule has 3 N–H and O–H groups in total.